The van der Waals surface area contributed by atoms with Gasteiger partial charge >= 0.3 is 0 Å². The standard InChI is InChI=1S/C17H33N3O/c1-4-20-12-8-9-15(20)14-19(3)16(21)13-17(18-2)10-6-5-7-11-17/h15,18H,4-14H2,1-3H3. The molecule has 1 aliphatic heterocycles. The van der Waals surface area contributed by atoms with Crippen LogP contribution in [0.1, 0.15) is 58.3 Å². The first kappa shape index (κ1) is 16.8. The summed E-state index contributed by atoms with van der Waals surface area (Å²) in [5.74, 6) is 0.314. The molecule has 1 atom stereocenters. The third-order valence-corrected chi connectivity index (χ3v) is 5.65. The van der Waals surface area contributed by atoms with Crippen molar-refractivity contribution in [3.63, 3.8) is 0 Å². The van der Waals surface area contributed by atoms with E-state index in [4.69, 9.17) is 0 Å². The van der Waals surface area contributed by atoms with Crippen molar-refractivity contribution in [3.05, 3.63) is 0 Å². The van der Waals surface area contributed by atoms with E-state index in [9.17, 15) is 4.79 Å². The molecule has 1 saturated heterocycles. The monoisotopic (exact) mass is 295 g/mol. The minimum absolute atomic E-state index is 0.0592. The zero-order valence-electron chi connectivity index (χ0n) is 14.2. The molecular weight excluding hydrogens is 262 g/mol. The van der Waals surface area contributed by atoms with Crippen LogP contribution in [-0.4, -0.2) is 61.0 Å². The Kier molecular flexibility index (Phi) is 6.06. The molecule has 1 saturated carbocycles. The average Bonchev–Trinajstić information content (AvgIpc) is 2.95. The number of hydrogen-bond donors (Lipinski definition) is 1. The van der Waals surface area contributed by atoms with Gasteiger partial charge in [0.15, 0.2) is 0 Å². The number of nitrogens with one attached hydrogen (secondary N) is 1. The zero-order chi connectivity index (χ0) is 15.3. The molecule has 2 aliphatic rings. The van der Waals surface area contributed by atoms with Gasteiger partial charge in [-0.25, -0.2) is 0 Å². The number of rotatable bonds is 6. The summed E-state index contributed by atoms with van der Waals surface area (Å²) in [4.78, 5) is 17.1. The molecule has 2 fully saturated rings. The van der Waals surface area contributed by atoms with Crippen LogP contribution < -0.4 is 5.32 Å². The molecule has 2 rings (SSSR count). The Morgan fingerprint density at radius 3 is 2.62 bits per heavy atom. The lowest BCUT2D eigenvalue weighted by Gasteiger charge is -2.38. The second-order valence-electron chi connectivity index (χ2n) is 6.97. The van der Waals surface area contributed by atoms with Crippen molar-refractivity contribution < 1.29 is 4.79 Å². The van der Waals surface area contributed by atoms with E-state index in [1.165, 1.54) is 38.6 Å². The van der Waals surface area contributed by atoms with Crippen molar-refractivity contribution >= 4 is 5.91 Å². The van der Waals surface area contributed by atoms with Crippen LogP contribution in [0, 0.1) is 0 Å². The minimum atomic E-state index is 0.0592. The van der Waals surface area contributed by atoms with Gasteiger partial charge in [-0.1, -0.05) is 26.2 Å². The fourth-order valence-electron chi connectivity index (χ4n) is 4.10. The highest BCUT2D eigenvalue weighted by Crippen LogP contribution is 2.31. The molecule has 4 heteroatoms. The van der Waals surface area contributed by atoms with Crippen LogP contribution in [0.3, 0.4) is 0 Å². The molecule has 1 N–H and O–H groups in total. The van der Waals surface area contributed by atoms with Gasteiger partial charge in [-0.2, -0.15) is 0 Å². The summed E-state index contributed by atoms with van der Waals surface area (Å²) in [7, 11) is 4.01. The van der Waals surface area contributed by atoms with E-state index >= 15 is 0 Å². The molecule has 0 bridgehead atoms. The lowest BCUT2D eigenvalue weighted by Crippen LogP contribution is -2.49. The SMILES string of the molecule is CCN1CCCC1CN(C)C(=O)CC1(NC)CCCCC1. The lowest BCUT2D eigenvalue weighted by atomic mass is 9.79. The predicted octanol–water partition coefficient (Wildman–Crippen LogP) is 2.24. The van der Waals surface area contributed by atoms with Crippen LogP contribution in [0.25, 0.3) is 0 Å². The molecule has 1 heterocycles. The van der Waals surface area contributed by atoms with E-state index in [2.05, 4.69) is 17.1 Å². The van der Waals surface area contributed by atoms with E-state index in [1.807, 2.05) is 19.0 Å². The van der Waals surface area contributed by atoms with E-state index in [1.54, 1.807) is 0 Å². The van der Waals surface area contributed by atoms with Crippen molar-refractivity contribution in [2.75, 3.05) is 33.7 Å². The Morgan fingerprint density at radius 2 is 2.00 bits per heavy atom. The molecular formula is C17H33N3O. The Bertz CT molecular complexity index is 339. The second-order valence-corrected chi connectivity index (χ2v) is 6.97. The van der Waals surface area contributed by atoms with Crippen LogP contribution in [0.4, 0.5) is 0 Å². The Morgan fingerprint density at radius 1 is 1.29 bits per heavy atom. The van der Waals surface area contributed by atoms with Gasteiger partial charge in [-0.15, -0.1) is 0 Å². The van der Waals surface area contributed by atoms with Gasteiger partial charge in [-0.05, 0) is 45.8 Å². The summed E-state index contributed by atoms with van der Waals surface area (Å²) in [5.41, 5.74) is 0.0592. The van der Waals surface area contributed by atoms with Crippen molar-refractivity contribution in [1.29, 1.82) is 0 Å². The molecule has 122 valence electrons. The van der Waals surface area contributed by atoms with E-state index < -0.39 is 0 Å². The summed E-state index contributed by atoms with van der Waals surface area (Å²) in [5, 5.41) is 3.46. The van der Waals surface area contributed by atoms with Gasteiger partial charge in [0.1, 0.15) is 0 Å². The van der Waals surface area contributed by atoms with Gasteiger partial charge in [-0.3, -0.25) is 9.69 Å². The number of likely N-dealkylation sites (tertiary alicyclic amines) is 1. The summed E-state index contributed by atoms with van der Waals surface area (Å²) in [6.45, 7) is 5.42. The number of likely N-dealkylation sites (N-methyl/N-ethyl adjacent to an activating group) is 2. The van der Waals surface area contributed by atoms with Gasteiger partial charge in [0.2, 0.25) is 5.91 Å². The van der Waals surface area contributed by atoms with Gasteiger partial charge < -0.3 is 10.2 Å². The second kappa shape index (κ2) is 7.59. The van der Waals surface area contributed by atoms with Crippen molar-refractivity contribution in [2.24, 2.45) is 0 Å². The van der Waals surface area contributed by atoms with Crippen LogP contribution in [0.15, 0.2) is 0 Å². The van der Waals surface area contributed by atoms with Gasteiger partial charge in [0, 0.05) is 31.6 Å². The maximum absolute atomic E-state index is 12.6. The van der Waals surface area contributed by atoms with Crippen LogP contribution in [0.2, 0.25) is 0 Å². The maximum Gasteiger partial charge on any atom is 0.224 e. The topological polar surface area (TPSA) is 35.6 Å². The highest BCUT2D eigenvalue weighted by molar-refractivity contribution is 5.77. The van der Waals surface area contributed by atoms with E-state index in [0.717, 1.165) is 25.9 Å². The molecule has 1 unspecified atom stereocenters. The highest BCUT2D eigenvalue weighted by atomic mass is 16.2. The molecule has 0 radical (unpaired) electrons. The summed E-state index contributed by atoms with van der Waals surface area (Å²) in [6.07, 6.45) is 9.30. The summed E-state index contributed by atoms with van der Waals surface area (Å²) < 4.78 is 0. The number of amides is 1. The molecule has 0 aromatic rings. The Balaban J connectivity index is 1.86. The number of nitrogens with zero attached hydrogens (tertiary/aromatic N) is 2. The van der Waals surface area contributed by atoms with E-state index in [-0.39, 0.29) is 5.54 Å². The fraction of sp³-hybridized carbons (Fsp3) is 0.941. The normalized spacial score (nSPS) is 26.0. The molecule has 21 heavy (non-hydrogen) atoms. The first-order valence-corrected chi connectivity index (χ1v) is 8.77. The number of carbonyl (C=O) groups is 1. The van der Waals surface area contributed by atoms with Crippen molar-refractivity contribution in [1.82, 2.24) is 15.1 Å². The Labute approximate surface area is 130 Å². The van der Waals surface area contributed by atoms with Crippen molar-refractivity contribution in [2.45, 2.75) is 69.9 Å². The number of hydrogen-bond acceptors (Lipinski definition) is 3. The summed E-state index contributed by atoms with van der Waals surface area (Å²) in [6, 6.07) is 0.570. The molecule has 0 aromatic heterocycles. The molecule has 0 aromatic carbocycles. The zero-order valence-corrected chi connectivity index (χ0v) is 14.2. The van der Waals surface area contributed by atoms with Gasteiger partial charge in [0.25, 0.3) is 0 Å². The number of carbonyl (C=O) groups excluding carboxylic acids is 1. The molecule has 4 nitrogen and oxygen atoms in total. The molecule has 1 amide bonds. The van der Waals surface area contributed by atoms with Crippen LogP contribution in [0.5, 0.6) is 0 Å². The minimum Gasteiger partial charge on any atom is -0.344 e. The average molecular weight is 295 g/mol. The quantitative estimate of drug-likeness (QED) is 0.816. The first-order valence-electron chi connectivity index (χ1n) is 8.77. The van der Waals surface area contributed by atoms with E-state index in [0.29, 0.717) is 18.4 Å². The Hall–Kier alpha value is -0.610. The van der Waals surface area contributed by atoms with Crippen molar-refractivity contribution in [3.8, 4) is 0 Å². The van der Waals surface area contributed by atoms with Crippen LogP contribution in [-0.2, 0) is 4.79 Å². The first-order chi connectivity index (χ1) is 10.1. The summed E-state index contributed by atoms with van der Waals surface area (Å²) >= 11 is 0. The molecule has 1 aliphatic carbocycles. The predicted molar refractivity (Wildman–Crippen MR) is 87.4 cm³/mol. The maximum atomic E-state index is 12.6. The van der Waals surface area contributed by atoms with Crippen LogP contribution >= 0.6 is 0 Å². The third kappa shape index (κ3) is 4.19. The third-order valence-electron chi connectivity index (χ3n) is 5.65. The highest BCUT2D eigenvalue weighted by Gasteiger charge is 2.34. The lowest BCUT2D eigenvalue weighted by molar-refractivity contribution is -0.132. The fourth-order valence-corrected chi connectivity index (χ4v) is 4.10. The molecule has 0 spiro atoms. The van der Waals surface area contributed by atoms with Gasteiger partial charge in [0.05, 0.1) is 0 Å². The largest absolute Gasteiger partial charge is 0.344 e. The smallest absolute Gasteiger partial charge is 0.224 e.